The van der Waals surface area contributed by atoms with E-state index in [9.17, 15) is 13.2 Å². The Balaban J connectivity index is 2.15. The summed E-state index contributed by atoms with van der Waals surface area (Å²) in [4.78, 5) is 17.6. The molecule has 0 aliphatic heterocycles. The average molecular weight is 361 g/mol. The zero-order valence-corrected chi connectivity index (χ0v) is 14.7. The van der Waals surface area contributed by atoms with E-state index in [-0.39, 0.29) is 10.6 Å². The molecule has 0 unspecified atom stereocenters. The number of benzene rings is 2. The molecule has 24 heavy (non-hydrogen) atoms. The van der Waals surface area contributed by atoms with Crippen LogP contribution in [0.25, 0.3) is 5.69 Å². The standard InChI is InChI=1S/C16H15N3O3S2/c1-18-16(20)19(13-6-4-3-5-7-13)15(23-18)17-12-8-10-14(11-9-12)24(2,21)22/h3-11H,1-2H3. The molecule has 8 heteroatoms. The molecule has 3 aromatic rings. The monoisotopic (exact) mass is 361 g/mol. The van der Waals surface area contributed by atoms with Crippen LogP contribution in [0, 0.1) is 0 Å². The van der Waals surface area contributed by atoms with Crippen LogP contribution < -0.4 is 10.5 Å². The van der Waals surface area contributed by atoms with E-state index < -0.39 is 9.84 Å². The van der Waals surface area contributed by atoms with Crippen LogP contribution in [0.1, 0.15) is 0 Å². The third kappa shape index (κ3) is 3.24. The van der Waals surface area contributed by atoms with E-state index in [2.05, 4.69) is 4.99 Å². The van der Waals surface area contributed by atoms with Crippen LogP contribution in [0.5, 0.6) is 0 Å². The van der Waals surface area contributed by atoms with Crippen molar-refractivity contribution in [1.82, 2.24) is 8.52 Å². The van der Waals surface area contributed by atoms with Crippen molar-refractivity contribution in [2.45, 2.75) is 4.90 Å². The van der Waals surface area contributed by atoms with Gasteiger partial charge >= 0.3 is 5.69 Å². The van der Waals surface area contributed by atoms with Crippen molar-refractivity contribution in [1.29, 1.82) is 0 Å². The van der Waals surface area contributed by atoms with Crippen molar-refractivity contribution < 1.29 is 8.42 Å². The van der Waals surface area contributed by atoms with Crippen molar-refractivity contribution in [3.8, 4) is 5.69 Å². The fraction of sp³-hybridized carbons (Fsp3) is 0.125. The number of para-hydroxylation sites is 1. The van der Waals surface area contributed by atoms with Crippen LogP contribution in [0.3, 0.4) is 0 Å². The molecule has 2 aromatic carbocycles. The minimum absolute atomic E-state index is 0.183. The van der Waals surface area contributed by atoms with Gasteiger partial charge in [0.1, 0.15) is 0 Å². The number of rotatable bonds is 3. The van der Waals surface area contributed by atoms with Crippen molar-refractivity contribution in [2.24, 2.45) is 12.0 Å². The Bertz CT molecular complexity index is 1090. The topological polar surface area (TPSA) is 73.4 Å². The summed E-state index contributed by atoms with van der Waals surface area (Å²) in [5, 5.41) is 0. The number of sulfone groups is 1. The van der Waals surface area contributed by atoms with E-state index >= 15 is 0 Å². The summed E-state index contributed by atoms with van der Waals surface area (Å²) in [5.41, 5.74) is 1.12. The highest BCUT2D eigenvalue weighted by Gasteiger charge is 2.09. The second-order valence-corrected chi connectivity index (χ2v) is 8.31. The van der Waals surface area contributed by atoms with E-state index in [1.807, 2.05) is 30.3 Å². The highest BCUT2D eigenvalue weighted by Crippen LogP contribution is 2.16. The summed E-state index contributed by atoms with van der Waals surface area (Å²) >= 11 is 1.22. The Hall–Kier alpha value is -2.45. The predicted molar refractivity (Wildman–Crippen MR) is 93.7 cm³/mol. The smallest absolute Gasteiger partial charge is 0.249 e. The lowest BCUT2D eigenvalue weighted by molar-refractivity contribution is 0.602. The van der Waals surface area contributed by atoms with Gasteiger partial charge in [0.2, 0.25) is 4.80 Å². The summed E-state index contributed by atoms with van der Waals surface area (Å²) < 4.78 is 26.0. The molecular formula is C16H15N3O3S2. The molecule has 0 saturated carbocycles. The molecule has 0 N–H and O–H groups in total. The maximum Gasteiger partial charge on any atom is 0.344 e. The fourth-order valence-electron chi connectivity index (χ4n) is 2.17. The Morgan fingerprint density at radius 3 is 2.21 bits per heavy atom. The number of hydrogen-bond donors (Lipinski definition) is 0. The van der Waals surface area contributed by atoms with Gasteiger partial charge in [-0.05, 0) is 47.9 Å². The second-order valence-electron chi connectivity index (χ2n) is 5.20. The molecule has 0 aliphatic carbocycles. The lowest BCUT2D eigenvalue weighted by atomic mass is 10.3. The summed E-state index contributed by atoms with van der Waals surface area (Å²) in [6.45, 7) is 0. The van der Waals surface area contributed by atoms with Gasteiger partial charge in [-0.25, -0.2) is 26.7 Å². The Morgan fingerprint density at radius 2 is 1.62 bits per heavy atom. The zero-order valence-electron chi connectivity index (χ0n) is 13.1. The van der Waals surface area contributed by atoms with Gasteiger partial charge < -0.3 is 0 Å². The quantitative estimate of drug-likeness (QED) is 0.715. The van der Waals surface area contributed by atoms with E-state index in [4.69, 9.17) is 0 Å². The number of nitrogens with zero attached hydrogens (tertiary/aromatic N) is 3. The van der Waals surface area contributed by atoms with Gasteiger partial charge in [0.15, 0.2) is 9.84 Å². The Kier molecular flexibility index (Phi) is 4.25. The van der Waals surface area contributed by atoms with E-state index in [1.54, 1.807) is 19.2 Å². The van der Waals surface area contributed by atoms with Crippen molar-refractivity contribution in [2.75, 3.05) is 6.26 Å². The number of aryl methyl sites for hydroxylation is 1. The number of aromatic nitrogens is 2. The molecule has 124 valence electrons. The molecule has 3 rings (SSSR count). The first-order chi connectivity index (χ1) is 11.4. The fourth-order valence-corrected chi connectivity index (χ4v) is 3.62. The molecule has 0 aliphatic rings. The lowest BCUT2D eigenvalue weighted by Crippen LogP contribution is -2.26. The third-order valence-corrected chi connectivity index (χ3v) is 5.37. The van der Waals surface area contributed by atoms with Crippen LogP contribution in [0.15, 0.2) is 69.3 Å². The minimum atomic E-state index is -3.24. The average Bonchev–Trinajstić information content (AvgIpc) is 2.82. The molecule has 6 nitrogen and oxygen atoms in total. The summed E-state index contributed by atoms with van der Waals surface area (Å²) in [7, 11) is -1.57. The minimum Gasteiger partial charge on any atom is -0.249 e. The highest BCUT2D eigenvalue weighted by atomic mass is 32.2. The molecular weight excluding hydrogens is 346 g/mol. The van der Waals surface area contributed by atoms with Gasteiger partial charge in [0.05, 0.1) is 16.3 Å². The molecule has 1 aromatic heterocycles. The predicted octanol–water partition coefficient (Wildman–Crippen LogP) is 1.87. The maximum absolute atomic E-state index is 12.4. The van der Waals surface area contributed by atoms with Crippen LogP contribution in [0.2, 0.25) is 0 Å². The first-order valence-electron chi connectivity index (χ1n) is 7.06. The van der Waals surface area contributed by atoms with Gasteiger partial charge in [-0.3, -0.25) is 0 Å². The molecule has 0 atom stereocenters. The van der Waals surface area contributed by atoms with Crippen LogP contribution in [-0.4, -0.2) is 23.2 Å². The Labute approximate surface area is 143 Å². The lowest BCUT2D eigenvalue weighted by Gasteiger charge is -2.01. The molecule has 0 radical (unpaired) electrons. The molecule has 0 saturated heterocycles. The van der Waals surface area contributed by atoms with E-state index in [0.717, 1.165) is 11.9 Å². The molecule has 0 spiro atoms. The van der Waals surface area contributed by atoms with Gasteiger partial charge in [0.25, 0.3) is 0 Å². The van der Waals surface area contributed by atoms with Crippen molar-refractivity contribution in [3.05, 3.63) is 69.9 Å². The van der Waals surface area contributed by atoms with Crippen molar-refractivity contribution in [3.63, 3.8) is 0 Å². The molecule has 0 bridgehead atoms. The zero-order chi connectivity index (χ0) is 17.3. The molecule has 0 amide bonds. The van der Waals surface area contributed by atoms with Gasteiger partial charge in [-0.2, -0.15) is 0 Å². The van der Waals surface area contributed by atoms with Crippen LogP contribution in [-0.2, 0) is 16.9 Å². The van der Waals surface area contributed by atoms with Gasteiger partial charge in [-0.15, -0.1) is 0 Å². The Morgan fingerprint density at radius 1 is 1.00 bits per heavy atom. The highest BCUT2D eigenvalue weighted by molar-refractivity contribution is 7.90. The normalized spacial score (nSPS) is 12.5. The maximum atomic E-state index is 12.4. The van der Waals surface area contributed by atoms with Crippen LogP contribution in [0.4, 0.5) is 5.69 Å². The van der Waals surface area contributed by atoms with Crippen molar-refractivity contribution >= 4 is 27.1 Å². The first kappa shape index (κ1) is 16.4. The summed E-state index contributed by atoms with van der Waals surface area (Å²) in [6, 6.07) is 15.5. The number of hydrogen-bond acceptors (Lipinski definition) is 5. The first-order valence-corrected chi connectivity index (χ1v) is 9.72. The van der Waals surface area contributed by atoms with Gasteiger partial charge in [0, 0.05) is 13.3 Å². The summed E-state index contributed by atoms with van der Waals surface area (Å²) in [6.07, 6.45) is 1.16. The summed E-state index contributed by atoms with van der Waals surface area (Å²) in [5.74, 6) is 0. The molecule has 1 heterocycles. The van der Waals surface area contributed by atoms with E-state index in [1.165, 1.54) is 32.2 Å². The van der Waals surface area contributed by atoms with Gasteiger partial charge in [-0.1, -0.05) is 18.2 Å². The van der Waals surface area contributed by atoms with E-state index in [0.29, 0.717) is 10.5 Å². The molecule has 0 fully saturated rings. The largest absolute Gasteiger partial charge is 0.344 e. The third-order valence-electron chi connectivity index (χ3n) is 3.37. The second kappa shape index (κ2) is 6.21. The SMILES string of the molecule is Cn1sc(=Nc2ccc(S(C)(=O)=O)cc2)n(-c2ccccc2)c1=O. The van der Waals surface area contributed by atoms with Crippen LogP contribution >= 0.6 is 11.5 Å².